The Morgan fingerprint density at radius 1 is 0.365 bits per heavy atom. The summed E-state index contributed by atoms with van der Waals surface area (Å²) in [7, 11) is 0. The Bertz CT molecular complexity index is 3830. The van der Waals surface area contributed by atoms with Crippen molar-refractivity contribution in [1.29, 1.82) is 0 Å². The van der Waals surface area contributed by atoms with Crippen molar-refractivity contribution in [3.63, 3.8) is 0 Å². The van der Waals surface area contributed by atoms with E-state index in [1.54, 1.807) is 0 Å². The summed E-state index contributed by atoms with van der Waals surface area (Å²) in [5, 5.41) is 10.2. The molecule has 9 aromatic carbocycles. The molecule has 3 aromatic heterocycles. The molecule has 1 aliphatic rings. The average molecular weight is 810 g/mol. The number of nitrogens with zero attached hydrogens (tertiary/aromatic N) is 2. The highest BCUT2D eigenvalue weighted by atomic mass is 16.3. The van der Waals surface area contributed by atoms with E-state index in [0.717, 1.165) is 122 Å². The minimum absolute atomic E-state index is 0.470. The molecule has 1 N–H and O–H groups in total. The number of hydrogen-bond donors (Lipinski definition) is 1. The van der Waals surface area contributed by atoms with Crippen LogP contribution in [0.4, 0.5) is 0 Å². The lowest BCUT2D eigenvalue weighted by molar-refractivity contribution is 0.628. The van der Waals surface area contributed by atoms with E-state index in [0.29, 0.717) is 5.84 Å². The summed E-state index contributed by atoms with van der Waals surface area (Å²) in [6, 6.07) is 69.2. The minimum Gasteiger partial charge on any atom is -0.456 e. The third-order valence-electron chi connectivity index (χ3n) is 12.4. The molecule has 63 heavy (non-hydrogen) atoms. The molecular weight excluding hydrogens is 775 g/mol. The molecule has 1 aliphatic heterocycles. The third kappa shape index (κ3) is 5.80. The van der Waals surface area contributed by atoms with Crippen molar-refractivity contribution in [2.75, 3.05) is 0 Å². The lowest BCUT2D eigenvalue weighted by Gasteiger charge is -2.24. The molecule has 6 heteroatoms. The highest BCUT2D eigenvalue weighted by Gasteiger charge is 2.26. The van der Waals surface area contributed by atoms with Crippen molar-refractivity contribution in [3.05, 3.63) is 217 Å². The van der Waals surface area contributed by atoms with Gasteiger partial charge < -0.3 is 18.6 Å². The summed E-state index contributed by atoms with van der Waals surface area (Å²) in [5.41, 5.74) is 14.3. The summed E-state index contributed by atoms with van der Waals surface area (Å²) in [6.45, 7) is 0. The maximum atomic E-state index is 6.75. The molecule has 4 heterocycles. The van der Waals surface area contributed by atoms with Crippen LogP contribution in [0.2, 0.25) is 0 Å². The van der Waals surface area contributed by atoms with Crippen LogP contribution in [0.25, 0.3) is 99.2 Å². The topological polar surface area (TPSA) is 76.2 Å². The number of rotatable bonds is 6. The monoisotopic (exact) mass is 809 g/mol. The molecule has 1 atom stereocenters. The number of aliphatic imine (C=N–C) groups is 2. The summed E-state index contributed by atoms with van der Waals surface area (Å²) in [6.07, 6.45) is -0.470. The van der Waals surface area contributed by atoms with Gasteiger partial charge in [0.1, 0.15) is 39.3 Å². The van der Waals surface area contributed by atoms with E-state index in [1.807, 2.05) is 54.6 Å². The zero-order chi connectivity index (χ0) is 41.4. The number of benzene rings is 9. The average Bonchev–Trinajstić information content (AvgIpc) is 4.05. The van der Waals surface area contributed by atoms with Crippen LogP contribution in [-0.4, -0.2) is 11.7 Å². The van der Waals surface area contributed by atoms with Gasteiger partial charge in [-0.2, -0.15) is 0 Å². The van der Waals surface area contributed by atoms with E-state index in [9.17, 15) is 0 Å². The Hall–Kier alpha value is -8.48. The van der Waals surface area contributed by atoms with Crippen molar-refractivity contribution >= 4 is 77.5 Å². The van der Waals surface area contributed by atoms with Crippen LogP contribution < -0.4 is 5.32 Å². The molecule has 13 rings (SSSR count). The highest BCUT2D eigenvalue weighted by Crippen LogP contribution is 2.43. The Balaban J connectivity index is 0.941. The van der Waals surface area contributed by atoms with Crippen LogP contribution >= 0.6 is 0 Å². The maximum absolute atomic E-state index is 6.75. The Kier molecular flexibility index (Phi) is 7.87. The molecule has 0 bridgehead atoms. The second kappa shape index (κ2) is 14.0. The van der Waals surface area contributed by atoms with Crippen LogP contribution in [-0.2, 0) is 0 Å². The quantitative estimate of drug-likeness (QED) is 0.181. The van der Waals surface area contributed by atoms with Crippen molar-refractivity contribution < 1.29 is 13.3 Å². The van der Waals surface area contributed by atoms with Gasteiger partial charge >= 0.3 is 0 Å². The number of fused-ring (bicyclic) bond motifs is 9. The van der Waals surface area contributed by atoms with Crippen LogP contribution in [0.5, 0.6) is 0 Å². The fourth-order valence-electron chi connectivity index (χ4n) is 9.34. The van der Waals surface area contributed by atoms with Crippen LogP contribution in [0, 0.1) is 0 Å². The fourth-order valence-corrected chi connectivity index (χ4v) is 9.34. The molecule has 0 radical (unpaired) electrons. The first-order valence-electron chi connectivity index (χ1n) is 21.2. The molecular formula is C57H35N3O3. The van der Waals surface area contributed by atoms with Gasteiger partial charge in [0.05, 0.1) is 0 Å². The van der Waals surface area contributed by atoms with Gasteiger partial charge in [-0.1, -0.05) is 158 Å². The first kappa shape index (κ1) is 35.3. The third-order valence-corrected chi connectivity index (χ3v) is 12.4. The van der Waals surface area contributed by atoms with Gasteiger partial charge in [-0.05, 0) is 70.3 Å². The molecule has 0 saturated heterocycles. The van der Waals surface area contributed by atoms with E-state index < -0.39 is 6.17 Å². The number of amidine groups is 2. The SMILES string of the molecule is c1ccc(-c2ccc(C3=NC(c4cccc5c4oc4ccccc45)NC(c4cccc(-c5ccc(-c6ccc7c(c6)oc6ccccc67)c6oc7ccccc7c56)c4)=N3)cc2)cc1. The van der Waals surface area contributed by atoms with Gasteiger partial charge in [0.15, 0.2) is 12.0 Å². The Morgan fingerprint density at radius 2 is 0.921 bits per heavy atom. The number of para-hydroxylation sites is 4. The molecule has 296 valence electrons. The molecule has 0 aliphatic carbocycles. The Morgan fingerprint density at radius 3 is 1.75 bits per heavy atom. The maximum Gasteiger partial charge on any atom is 0.159 e. The largest absolute Gasteiger partial charge is 0.456 e. The van der Waals surface area contributed by atoms with Gasteiger partial charge in [-0.15, -0.1) is 0 Å². The summed E-state index contributed by atoms with van der Waals surface area (Å²) in [5.74, 6) is 1.36. The zero-order valence-corrected chi connectivity index (χ0v) is 33.7. The number of nitrogens with one attached hydrogen (secondary N) is 1. The van der Waals surface area contributed by atoms with Crippen LogP contribution in [0.1, 0.15) is 22.9 Å². The van der Waals surface area contributed by atoms with Crippen molar-refractivity contribution in [3.8, 4) is 33.4 Å². The molecule has 0 spiro atoms. The number of hydrogen-bond acceptors (Lipinski definition) is 6. The first-order chi connectivity index (χ1) is 31.2. The van der Waals surface area contributed by atoms with E-state index in [-0.39, 0.29) is 0 Å². The standard InChI is InChI=1S/C57H35N3O3/c1-2-12-34(13-3-1)35-24-26-36(27-25-35)55-58-56(60-57(59-55)47-20-11-19-45-43-17-5-8-22-49(43)62-53(45)47)39-15-10-14-37(32-39)40-30-31-41(54-52(40)46-18-6-9-23-50(46)63-54)38-28-29-44-42-16-4-7-21-48(42)61-51(44)33-38/h1-33,57H,(H,58,59,60). The van der Waals surface area contributed by atoms with Gasteiger partial charge in [0, 0.05) is 54.6 Å². The summed E-state index contributed by atoms with van der Waals surface area (Å²) >= 11 is 0. The van der Waals surface area contributed by atoms with Gasteiger partial charge in [0.25, 0.3) is 0 Å². The second-order valence-electron chi connectivity index (χ2n) is 16.1. The smallest absolute Gasteiger partial charge is 0.159 e. The summed E-state index contributed by atoms with van der Waals surface area (Å²) in [4.78, 5) is 10.5. The van der Waals surface area contributed by atoms with Gasteiger partial charge in [0.2, 0.25) is 0 Å². The summed E-state index contributed by atoms with van der Waals surface area (Å²) < 4.78 is 19.6. The highest BCUT2D eigenvalue weighted by molar-refractivity contribution is 6.18. The lowest BCUT2D eigenvalue weighted by Crippen LogP contribution is -2.33. The van der Waals surface area contributed by atoms with E-state index >= 15 is 0 Å². The second-order valence-corrected chi connectivity index (χ2v) is 16.1. The Labute approximate surface area is 361 Å². The van der Waals surface area contributed by atoms with Crippen LogP contribution in [0.3, 0.4) is 0 Å². The van der Waals surface area contributed by atoms with Crippen molar-refractivity contribution in [2.24, 2.45) is 9.98 Å². The molecule has 6 nitrogen and oxygen atoms in total. The van der Waals surface area contributed by atoms with Gasteiger partial charge in [-0.25, -0.2) is 9.98 Å². The molecule has 12 aromatic rings. The van der Waals surface area contributed by atoms with Crippen LogP contribution in [0.15, 0.2) is 223 Å². The molecule has 0 amide bonds. The minimum atomic E-state index is -0.470. The lowest BCUT2D eigenvalue weighted by atomic mass is 9.93. The normalized spacial score (nSPS) is 14.2. The predicted octanol–water partition coefficient (Wildman–Crippen LogP) is 14.9. The first-order valence-corrected chi connectivity index (χ1v) is 21.2. The van der Waals surface area contributed by atoms with E-state index in [4.69, 9.17) is 23.2 Å². The zero-order valence-electron chi connectivity index (χ0n) is 33.7. The number of furan rings is 3. The van der Waals surface area contributed by atoms with Gasteiger partial charge in [-0.3, -0.25) is 0 Å². The molecule has 0 fully saturated rings. The van der Waals surface area contributed by atoms with E-state index in [1.165, 1.54) is 0 Å². The molecule has 0 saturated carbocycles. The van der Waals surface area contributed by atoms with Crippen molar-refractivity contribution in [2.45, 2.75) is 6.17 Å². The predicted molar refractivity (Wildman–Crippen MR) is 256 cm³/mol. The molecule has 1 unspecified atom stereocenters. The van der Waals surface area contributed by atoms with Crippen molar-refractivity contribution in [1.82, 2.24) is 5.32 Å². The van der Waals surface area contributed by atoms with E-state index in [2.05, 4.69) is 151 Å². The fraction of sp³-hybridized carbons (Fsp3) is 0.0175.